The summed E-state index contributed by atoms with van der Waals surface area (Å²) < 4.78 is 0. The molecule has 13 heavy (non-hydrogen) atoms. The quantitative estimate of drug-likeness (QED) is 0.613. The number of fused-ring (bicyclic) bond motifs is 1. The zero-order valence-corrected chi connectivity index (χ0v) is 6.99. The first-order chi connectivity index (χ1) is 5.47. The molecule has 0 radical (unpaired) electrons. The van der Waals surface area contributed by atoms with Crippen LogP contribution in [0.3, 0.4) is 0 Å². The summed E-state index contributed by atoms with van der Waals surface area (Å²) in [6, 6.07) is 8.05. The monoisotopic (exact) mass is 180 g/mol. The molecular weight excluding hydrogens is 168 g/mol. The third-order valence-electron chi connectivity index (χ3n) is 1.57. The summed E-state index contributed by atoms with van der Waals surface area (Å²) in [6.45, 7) is 0. The third-order valence-corrected chi connectivity index (χ3v) is 1.57. The predicted molar refractivity (Wildman–Crippen MR) is 54.0 cm³/mol. The van der Waals surface area contributed by atoms with Crippen molar-refractivity contribution in [2.75, 3.05) is 5.32 Å². The molecule has 0 aromatic heterocycles. The lowest BCUT2D eigenvalue weighted by Gasteiger charge is -2.01. The predicted octanol–water partition coefficient (Wildman–Crippen LogP) is 0.353. The van der Waals surface area contributed by atoms with Gasteiger partial charge in [0, 0.05) is 29.9 Å². The first-order valence-corrected chi connectivity index (χ1v) is 3.50. The number of nitrogens with zero attached hydrogens (tertiary/aromatic N) is 1. The Hall–Kier alpha value is -1.65. The van der Waals surface area contributed by atoms with Crippen molar-refractivity contribution >= 4 is 11.9 Å². The molecule has 0 spiro atoms. The van der Waals surface area contributed by atoms with Gasteiger partial charge in [0.05, 0.1) is 0 Å². The molecule has 70 valence electrons. The second-order valence-electron chi connectivity index (χ2n) is 2.33. The van der Waals surface area contributed by atoms with E-state index in [0.29, 0.717) is 0 Å². The average Bonchev–Trinajstić information content (AvgIpc) is 2.28. The maximum atomic E-state index is 4.04. The molecule has 4 heteroatoms. The van der Waals surface area contributed by atoms with Gasteiger partial charge in [0.15, 0.2) is 0 Å². The zero-order valence-electron chi connectivity index (χ0n) is 6.99. The normalized spacial score (nSPS) is 11.4. The maximum Gasteiger partial charge on any atom is 0.0469 e. The fraction of sp³-hybridized carbons (Fsp3) is 0. The summed E-state index contributed by atoms with van der Waals surface area (Å²) in [6.07, 6.45) is 5.40. The Balaban J connectivity index is 0.000000720. The first-order valence-electron chi connectivity index (χ1n) is 3.50. The molecule has 4 nitrogen and oxygen atoms in total. The van der Waals surface area contributed by atoms with E-state index < -0.39 is 0 Å². The Labute approximate surface area is 76.2 Å². The molecule has 0 bridgehead atoms. The number of aliphatic imine (C=N–C) groups is 1. The molecule has 0 aliphatic carbocycles. The molecule has 0 amide bonds. The van der Waals surface area contributed by atoms with E-state index in [0.717, 1.165) is 11.3 Å². The molecule has 0 atom stereocenters. The summed E-state index contributed by atoms with van der Waals surface area (Å²) in [5.41, 5.74) is 2.22. The molecule has 2 rings (SSSR count). The van der Waals surface area contributed by atoms with Gasteiger partial charge in [0.1, 0.15) is 0 Å². The van der Waals surface area contributed by atoms with E-state index in [9.17, 15) is 0 Å². The lowest BCUT2D eigenvalue weighted by molar-refractivity contribution is 0.823. The molecule has 1 aliphatic heterocycles. The van der Waals surface area contributed by atoms with Crippen molar-refractivity contribution in [2.24, 2.45) is 4.99 Å². The standard InChI is InChI=1S/C9H8N2.2H2O/c1-2-4-9-8(3-1)7-10-5-6-11-9;;/h1-7,11H;2*1H2. The Morgan fingerprint density at radius 2 is 1.85 bits per heavy atom. The number of rotatable bonds is 0. The van der Waals surface area contributed by atoms with E-state index in [2.05, 4.69) is 10.3 Å². The van der Waals surface area contributed by atoms with Gasteiger partial charge >= 0.3 is 0 Å². The van der Waals surface area contributed by atoms with Crippen LogP contribution in [-0.4, -0.2) is 17.2 Å². The largest absolute Gasteiger partial charge is 0.412 e. The molecule has 1 aromatic carbocycles. The first kappa shape index (κ1) is 11.4. The van der Waals surface area contributed by atoms with E-state index >= 15 is 0 Å². The van der Waals surface area contributed by atoms with Gasteiger partial charge < -0.3 is 16.3 Å². The third kappa shape index (κ3) is 2.40. The van der Waals surface area contributed by atoms with Crippen LogP contribution in [-0.2, 0) is 0 Å². The molecule has 1 heterocycles. The van der Waals surface area contributed by atoms with E-state index in [4.69, 9.17) is 0 Å². The van der Waals surface area contributed by atoms with Crippen molar-refractivity contribution in [3.63, 3.8) is 0 Å². The molecule has 1 aromatic rings. The van der Waals surface area contributed by atoms with Crippen LogP contribution in [0.5, 0.6) is 0 Å². The van der Waals surface area contributed by atoms with Gasteiger partial charge in [-0.2, -0.15) is 0 Å². The second-order valence-corrected chi connectivity index (χ2v) is 2.33. The average molecular weight is 180 g/mol. The molecule has 0 unspecified atom stereocenters. The van der Waals surface area contributed by atoms with Crippen LogP contribution in [0.1, 0.15) is 5.56 Å². The molecule has 1 aliphatic rings. The SMILES string of the molecule is C1=CNc2ccccc2C=N1.O.O. The summed E-state index contributed by atoms with van der Waals surface area (Å²) in [4.78, 5) is 4.04. The summed E-state index contributed by atoms with van der Waals surface area (Å²) in [7, 11) is 0. The van der Waals surface area contributed by atoms with Gasteiger partial charge in [0.25, 0.3) is 0 Å². The van der Waals surface area contributed by atoms with Crippen LogP contribution in [0.4, 0.5) is 5.69 Å². The minimum atomic E-state index is 0. The minimum Gasteiger partial charge on any atom is -0.412 e. The number of anilines is 1. The topological polar surface area (TPSA) is 87.4 Å². The van der Waals surface area contributed by atoms with Gasteiger partial charge in [-0.1, -0.05) is 18.2 Å². The fourth-order valence-electron chi connectivity index (χ4n) is 1.03. The van der Waals surface area contributed by atoms with Gasteiger partial charge in [-0.05, 0) is 6.07 Å². The molecular formula is C9H12N2O2. The number of hydrogen-bond acceptors (Lipinski definition) is 2. The van der Waals surface area contributed by atoms with Crippen LogP contribution in [0.2, 0.25) is 0 Å². The van der Waals surface area contributed by atoms with Crippen LogP contribution < -0.4 is 5.32 Å². The maximum absolute atomic E-state index is 4.04. The van der Waals surface area contributed by atoms with Crippen molar-refractivity contribution < 1.29 is 11.0 Å². The smallest absolute Gasteiger partial charge is 0.0469 e. The molecule has 5 N–H and O–H groups in total. The highest BCUT2D eigenvalue weighted by atomic mass is 16.0. The van der Waals surface area contributed by atoms with Crippen molar-refractivity contribution in [3.05, 3.63) is 42.2 Å². The molecule has 0 fully saturated rings. The van der Waals surface area contributed by atoms with Gasteiger partial charge in [-0.3, -0.25) is 4.99 Å². The van der Waals surface area contributed by atoms with Crippen LogP contribution in [0, 0.1) is 0 Å². The van der Waals surface area contributed by atoms with Gasteiger partial charge in [-0.15, -0.1) is 0 Å². The van der Waals surface area contributed by atoms with Crippen molar-refractivity contribution in [2.45, 2.75) is 0 Å². The Bertz CT molecular complexity index is 321. The van der Waals surface area contributed by atoms with Crippen molar-refractivity contribution in [3.8, 4) is 0 Å². The second kappa shape index (κ2) is 5.08. The summed E-state index contributed by atoms with van der Waals surface area (Å²) in [5, 5.41) is 3.12. The zero-order chi connectivity index (χ0) is 7.52. The lowest BCUT2D eigenvalue weighted by atomic mass is 10.2. The minimum absolute atomic E-state index is 0. The number of nitrogens with one attached hydrogen (secondary N) is 1. The van der Waals surface area contributed by atoms with Gasteiger partial charge in [0.2, 0.25) is 0 Å². The van der Waals surface area contributed by atoms with Crippen LogP contribution in [0.25, 0.3) is 0 Å². The van der Waals surface area contributed by atoms with E-state index in [1.165, 1.54) is 0 Å². The highest BCUT2D eigenvalue weighted by molar-refractivity contribution is 5.88. The van der Waals surface area contributed by atoms with Gasteiger partial charge in [-0.25, -0.2) is 0 Å². The summed E-state index contributed by atoms with van der Waals surface area (Å²) in [5.74, 6) is 0. The highest BCUT2D eigenvalue weighted by Gasteiger charge is 1.96. The fourth-order valence-corrected chi connectivity index (χ4v) is 1.03. The van der Waals surface area contributed by atoms with Crippen LogP contribution in [0.15, 0.2) is 41.7 Å². The van der Waals surface area contributed by atoms with E-state index in [-0.39, 0.29) is 11.0 Å². The lowest BCUT2D eigenvalue weighted by Crippen LogP contribution is -1.89. The number of benzene rings is 1. The van der Waals surface area contributed by atoms with E-state index in [1.54, 1.807) is 6.20 Å². The number of hydrogen-bond donors (Lipinski definition) is 1. The number of para-hydroxylation sites is 1. The highest BCUT2D eigenvalue weighted by Crippen LogP contribution is 2.13. The van der Waals surface area contributed by atoms with Crippen LogP contribution >= 0.6 is 0 Å². The molecule has 0 saturated heterocycles. The Morgan fingerprint density at radius 3 is 2.69 bits per heavy atom. The summed E-state index contributed by atoms with van der Waals surface area (Å²) >= 11 is 0. The van der Waals surface area contributed by atoms with Crippen molar-refractivity contribution in [1.82, 2.24) is 0 Å². The Kier molecular flexibility index (Phi) is 4.43. The van der Waals surface area contributed by atoms with Crippen molar-refractivity contribution in [1.29, 1.82) is 0 Å². The molecule has 0 saturated carbocycles. The van der Waals surface area contributed by atoms with E-state index in [1.807, 2.05) is 36.7 Å². The Morgan fingerprint density at radius 1 is 1.08 bits per heavy atom.